The number of urea groups is 1. The van der Waals surface area contributed by atoms with Crippen LogP contribution in [0, 0.1) is 0 Å². The van der Waals surface area contributed by atoms with Crippen LogP contribution in [0.4, 0.5) is 4.79 Å². The Morgan fingerprint density at radius 3 is 2.06 bits per heavy atom. The van der Waals surface area contributed by atoms with Gasteiger partial charge in [-0.2, -0.15) is 0 Å². The fourth-order valence-corrected chi connectivity index (χ4v) is 12.3. The van der Waals surface area contributed by atoms with E-state index >= 15 is 0 Å². The van der Waals surface area contributed by atoms with Crippen molar-refractivity contribution in [3.63, 3.8) is 0 Å². The number of carbonyl (C=O) groups is 2. The summed E-state index contributed by atoms with van der Waals surface area (Å²) in [6, 6.07) is 38.2. The van der Waals surface area contributed by atoms with E-state index in [1.165, 1.54) is 12.3 Å². The molecular formula is C41H44N3O7Si+. The van der Waals surface area contributed by atoms with Crippen LogP contribution >= 0.6 is 0 Å². The normalized spacial score (nSPS) is 26.1. The molecule has 0 aromatic heterocycles. The standard InChI is InChI=1S/C41H43N3O7Si/c1-40(2,3)52(32-20-12-6-13-21-32,33-22-14-7-15-23-33)50-28-41-27-47-29-49-35(36(41)48-26-30-16-8-4-9-17-30)38(51-41)44(25-24-34(42)43-39(44)46)37(45)31-18-10-5-11-19-31/h4-25,35-36,38H,26-29H2,1-3H3,(H-,42,43,46)/p+1/t35-,36+,38-,41-,44?/m1/s1. The summed E-state index contributed by atoms with van der Waals surface area (Å²) in [7, 11) is -3.11. The molecule has 3 heterocycles. The first-order valence-electron chi connectivity index (χ1n) is 17.4. The van der Waals surface area contributed by atoms with Gasteiger partial charge in [0.1, 0.15) is 30.5 Å². The summed E-state index contributed by atoms with van der Waals surface area (Å²) in [6.45, 7) is 6.73. The predicted octanol–water partition coefficient (Wildman–Crippen LogP) is 5.28. The highest BCUT2D eigenvalue weighted by Gasteiger charge is 2.70. The first-order chi connectivity index (χ1) is 25.1. The summed E-state index contributed by atoms with van der Waals surface area (Å²) in [5.41, 5.74) is 5.93. The van der Waals surface area contributed by atoms with Gasteiger partial charge in [0, 0.05) is 6.08 Å². The lowest BCUT2D eigenvalue weighted by atomic mass is 9.96. The van der Waals surface area contributed by atoms with Crippen LogP contribution in [-0.4, -0.2) is 74.6 Å². The average molecular weight is 719 g/mol. The molecule has 0 radical (unpaired) electrons. The van der Waals surface area contributed by atoms with Crippen LogP contribution in [0.25, 0.3) is 0 Å². The van der Waals surface area contributed by atoms with Gasteiger partial charge in [0.2, 0.25) is 6.23 Å². The maximum Gasteiger partial charge on any atom is 0.459 e. The summed E-state index contributed by atoms with van der Waals surface area (Å²) < 4.78 is 32.9. The quantitative estimate of drug-likeness (QED) is 0.174. The van der Waals surface area contributed by atoms with Crippen molar-refractivity contribution < 1.29 is 37.4 Å². The van der Waals surface area contributed by atoms with Crippen molar-refractivity contribution in [2.75, 3.05) is 20.0 Å². The van der Waals surface area contributed by atoms with E-state index in [1.807, 2.05) is 66.7 Å². The summed E-state index contributed by atoms with van der Waals surface area (Å²) in [5.74, 6) is -0.549. The van der Waals surface area contributed by atoms with Gasteiger partial charge in [-0.25, -0.2) is 9.59 Å². The third-order valence-corrected chi connectivity index (χ3v) is 15.1. The fourth-order valence-electron chi connectivity index (χ4n) is 7.67. The Labute approximate surface area is 305 Å². The molecule has 2 N–H and O–H groups in total. The van der Waals surface area contributed by atoms with Crippen LogP contribution < -0.4 is 16.1 Å². The Kier molecular flexibility index (Phi) is 9.94. The van der Waals surface area contributed by atoms with Crippen molar-refractivity contribution in [2.45, 2.75) is 56.5 Å². The van der Waals surface area contributed by atoms with Gasteiger partial charge in [-0.05, 0) is 33.1 Å². The van der Waals surface area contributed by atoms with Gasteiger partial charge in [-0.15, -0.1) is 9.48 Å². The molecule has 3 amide bonds. The maximum atomic E-state index is 14.7. The zero-order valence-electron chi connectivity index (χ0n) is 29.6. The van der Waals surface area contributed by atoms with E-state index in [9.17, 15) is 9.59 Å². The van der Waals surface area contributed by atoms with Crippen molar-refractivity contribution in [1.29, 1.82) is 0 Å². The van der Waals surface area contributed by atoms with Gasteiger partial charge in [-0.1, -0.05) is 130 Å². The number of hydrogen-bond donors (Lipinski definition) is 1. The second kappa shape index (κ2) is 14.4. The molecule has 0 spiro atoms. The van der Waals surface area contributed by atoms with E-state index in [0.717, 1.165) is 15.9 Å². The van der Waals surface area contributed by atoms with Crippen LogP contribution in [0.3, 0.4) is 0 Å². The number of ether oxygens (including phenoxy) is 4. The Balaban J connectivity index is 1.37. The molecule has 52 heavy (non-hydrogen) atoms. The van der Waals surface area contributed by atoms with E-state index in [0.29, 0.717) is 5.56 Å². The second-order valence-corrected chi connectivity index (χ2v) is 18.7. The van der Waals surface area contributed by atoms with Gasteiger partial charge in [-0.3, -0.25) is 0 Å². The monoisotopic (exact) mass is 718 g/mol. The SMILES string of the molecule is CC(C)(C)[Si](OC[C@@]12COCO[C@@H]([C@H]([N+]3(C(=O)c4ccccc4)C=CC(N)=NC3=O)O1)[C@@H]2OCc1ccccc1)(c1ccccc1)c1ccccc1. The highest BCUT2D eigenvalue weighted by molar-refractivity contribution is 6.99. The van der Waals surface area contributed by atoms with E-state index in [1.54, 1.807) is 30.3 Å². The summed E-state index contributed by atoms with van der Waals surface area (Å²) in [4.78, 5) is 33.0. The lowest BCUT2D eigenvalue weighted by molar-refractivity contribution is -0.779. The van der Waals surface area contributed by atoms with E-state index in [4.69, 9.17) is 29.1 Å². The topological polar surface area (TPSA) is 119 Å². The molecule has 2 saturated heterocycles. The molecule has 268 valence electrons. The molecule has 7 rings (SSSR count). The van der Waals surface area contributed by atoms with E-state index < -0.39 is 48.8 Å². The molecule has 5 atom stereocenters. The number of amidine groups is 1. The zero-order valence-corrected chi connectivity index (χ0v) is 30.6. The van der Waals surface area contributed by atoms with Gasteiger partial charge in [0.15, 0.2) is 6.10 Å². The lowest BCUT2D eigenvalue weighted by Crippen LogP contribution is -2.68. The number of hydrogen-bond acceptors (Lipinski definition) is 8. The molecule has 11 heteroatoms. The molecular weight excluding hydrogens is 675 g/mol. The zero-order chi connectivity index (χ0) is 36.4. The van der Waals surface area contributed by atoms with Crippen molar-refractivity contribution >= 4 is 36.5 Å². The molecule has 1 unspecified atom stereocenters. The minimum absolute atomic E-state index is 0.0105. The highest BCUT2D eigenvalue weighted by Crippen LogP contribution is 2.46. The third-order valence-electron chi connectivity index (χ3n) is 10.1. The molecule has 0 aliphatic carbocycles. The van der Waals surface area contributed by atoms with Crippen molar-refractivity contribution in [2.24, 2.45) is 10.7 Å². The minimum atomic E-state index is -3.11. The summed E-state index contributed by atoms with van der Waals surface area (Å²) in [5, 5.41) is 1.83. The van der Waals surface area contributed by atoms with Crippen LogP contribution in [0.2, 0.25) is 5.04 Å². The number of nitrogens with zero attached hydrogens (tertiary/aromatic N) is 2. The van der Waals surface area contributed by atoms with Gasteiger partial charge in [0.05, 0.1) is 25.4 Å². The summed E-state index contributed by atoms with van der Waals surface area (Å²) >= 11 is 0. The molecule has 3 aliphatic rings. The Morgan fingerprint density at radius 2 is 1.48 bits per heavy atom. The number of aliphatic imine (C=N–C) groups is 1. The first-order valence-corrected chi connectivity index (χ1v) is 19.4. The molecule has 2 bridgehead atoms. The molecule has 3 aliphatic heterocycles. The third kappa shape index (κ3) is 6.28. The fraction of sp³-hybridized carbons (Fsp3) is 0.293. The Morgan fingerprint density at radius 1 is 0.904 bits per heavy atom. The number of amides is 3. The van der Waals surface area contributed by atoms with E-state index in [2.05, 4.69) is 50.0 Å². The Bertz CT molecular complexity index is 1900. The van der Waals surface area contributed by atoms with Crippen molar-refractivity contribution in [1.82, 2.24) is 0 Å². The molecule has 0 saturated carbocycles. The number of quaternary nitrogens is 1. The van der Waals surface area contributed by atoms with Gasteiger partial charge < -0.3 is 29.1 Å². The first kappa shape index (κ1) is 35.8. The number of imide groups is 1. The van der Waals surface area contributed by atoms with Crippen LogP contribution in [0.15, 0.2) is 139 Å². The number of rotatable bonds is 10. The summed E-state index contributed by atoms with van der Waals surface area (Å²) in [6.07, 6.45) is -0.0904. The largest absolute Gasteiger partial charge is 0.459 e. The number of fused-ring (bicyclic) bond motifs is 2. The van der Waals surface area contributed by atoms with Crippen molar-refractivity contribution in [3.8, 4) is 0 Å². The smallest absolute Gasteiger partial charge is 0.404 e. The number of benzene rings is 4. The minimum Gasteiger partial charge on any atom is -0.404 e. The maximum absolute atomic E-state index is 14.7. The molecule has 4 aromatic carbocycles. The van der Waals surface area contributed by atoms with Crippen LogP contribution in [0.1, 0.15) is 36.7 Å². The molecule has 2 fully saturated rings. The lowest BCUT2D eigenvalue weighted by Gasteiger charge is -2.45. The van der Waals surface area contributed by atoms with Gasteiger partial charge >= 0.3 is 11.9 Å². The molecule has 10 nitrogen and oxygen atoms in total. The van der Waals surface area contributed by atoms with Crippen LogP contribution in [-0.2, 0) is 30.0 Å². The average Bonchev–Trinajstić information content (AvgIpc) is 3.34. The van der Waals surface area contributed by atoms with Gasteiger partial charge in [0.25, 0.3) is 8.32 Å². The predicted molar refractivity (Wildman–Crippen MR) is 199 cm³/mol. The highest BCUT2D eigenvalue weighted by atomic mass is 28.4. The molecule has 4 aromatic rings. The van der Waals surface area contributed by atoms with E-state index in [-0.39, 0.29) is 37.5 Å². The number of nitrogens with two attached hydrogens (primary N) is 1. The Hall–Kier alpha value is -4.59. The number of carbonyl (C=O) groups excluding carboxylic acids is 2. The van der Waals surface area contributed by atoms with Crippen LogP contribution in [0.5, 0.6) is 0 Å². The van der Waals surface area contributed by atoms with Crippen molar-refractivity contribution in [3.05, 3.63) is 145 Å². The second-order valence-electron chi connectivity index (χ2n) is 14.4.